The van der Waals surface area contributed by atoms with E-state index >= 15 is 0 Å². The van der Waals surface area contributed by atoms with E-state index in [1.54, 1.807) is 0 Å². The van der Waals surface area contributed by atoms with Crippen LogP contribution >= 0.6 is 11.3 Å². The van der Waals surface area contributed by atoms with E-state index in [-0.39, 0.29) is 5.92 Å². The van der Waals surface area contributed by atoms with E-state index in [0.29, 0.717) is 0 Å². The van der Waals surface area contributed by atoms with Gasteiger partial charge < -0.3 is 0 Å². The van der Waals surface area contributed by atoms with Gasteiger partial charge in [0.1, 0.15) is 0 Å². The first kappa shape index (κ1) is 8.76. The SMILES string of the molecule is C#CC1c2ccccc2Cc2sccc21. The van der Waals surface area contributed by atoms with Gasteiger partial charge in [0.25, 0.3) is 0 Å². The molecule has 1 atom stereocenters. The minimum absolute atomic E-state index is 0.163. The first-order valence-corrected chi connectivity index (χ1v) is 5.88. The molecular weight excluding hydrogens is 200 g/mol. The summed E-state index contributed by atoms with van der Waals surface area (Å²) >= 11 is 1.81. The fourth-order valence-corrected chi connectivity index (χ4v) is 3.19. The van der Waals surface area contributed by atoms with Gasteiger partial charge in [0.15, 0.2) is 0 Å². The lowest BCUT2D eigenvalue weighted by molar-refractivity contribution is 0.958. The van der Waals surface area contributed by atoms with Gasteiger partial charge in [0.2, 0.25) is 0 Å². The topological polar surface area (TPSA) is 0 Å². The minimum atomic E-state index is 0.163. The standard InChI is InChI=1S/C14H10S/c1-2-11-12-6-4-3-5-10(12)9-14-13(11)7-8-15-14/h1,3-8,11H,9H2. The second kappa shape index (κ2) is 3.25. The van der Waals surface area contributed by atoms with Crippen LogP contribution in [-0.4, -0.2) is 0 Å². The maximum Gasteiger partial charge on any atom is 0.0713 e. The Morgan fingerprint density at radius 2 is 2.07 bits per heavy atom. The Morgan fingerprint density at radius 1 is 1.20 bits per heavy atom. The molecule has 0 nitrogen and oxygen atoms in total. The van der Waals surface area contributed by atoms with Crippen molar-refractivity contribution in [1.29, 1.82) is 0 Å². The van der Waals surface area contributed by atoms with Gasteiger partial charge in [-0.25, -0.2) is 0 Å². The smallest absolute Gasteiger partial charge is 0.0713 e. The zero-order valence-corrected chi connectivity index (χ0v) is 9.05. The number of terminal acetylenes is 1. The Balaban J connectivity index is 2.24. The quantitative estimate of drug-likeness (QED) is 0.584. The Hall–Kier alpha value is -1.52. The summed E-state index contributed by atoms with van der Waals surface area (Å²) < 4.78 is 0. The van der Waals surface area contributed by atoms with Gasteiger partial charge >= 0.3 is 0 Å². The molecule has 0 saturated carbocycles. The highest BCUT2D eigenvalue weighted by molar-refractivity contribution is 7.10. The Morgan fingerprint density at radius 3 is 2.93 bits per heavy atom. The molecular formula is C14H10S. The van der Waals surface area contributed by atoms with Gasteiger partial charge in [0, 0.05) is 11.3 Å². The molecule has 3 rings (SSSR count). The van der Waals surface area contributed by atoms with Gasteiger partial charge in [-0.15, -0.1) is 17.8 Å². The average molecular weight is 210 g/mol. The van der Waals surface area contributed by atoms with Crippen LogP contribution in [0.3, 0.4) is 0 Å². The van der Waals surface area contributed by atoms with Gasteiger partial charge in [-0.3, -0.25) is 0 Å². The molecule has 72 valence electrons. The number of thiophene rings is 1. The fraction of sp³-hybridized carbons (Fsp3) is 0.143. The van der Waals surface area contributed by atoms with Crippen molar-refractivity contribution in [3.63, 3.8) is 0 Å². The second-order valence-electron chi connectivity index (χ2n) is 3.77. The maximum atomic E-state index is 5.65. The average Bonchev–Trinajstić information content (AvgIpc) is 2.73. The summed E-state index contributed by atoms with van der Waals surface area (Å²) in [4.78, 5) is 1.43. The molecule has 1 aliphatic carbocycles. The molecule has 0 saturated heterocycles. The van der Waals surface area contributed by atoms with E-state index in [9.17, 15) is 0 Å². The number of fused-ring (bicyclic) bond motifs is 2. The van der Waals surface area contributed by atoms with Gasteiger partial charge in [0.05, 0.1) is 5.92 Å². The van der Waals surface area contributed by atoms with Crippen LogP contribution in [0.15, 0.2) is 35.7 Å². The highest BCUT2D eigenvalue weighted by Gasteiger charge is 2.24. The lowest BCUT2D eigenvalue weighted by Crippen LogP contribution is -2.09. The van der Waals surface area contributed by atoms with Gasteiger partial charge in [-0.2, -0.15) is 0 Å². The zero-order chi connectivity index (χ0) is 10.3. The number of rotatable bonds is 0. The van der Waals surface area contributed by atoms with Crippen molar-refractivity contribution in [2.45, 2.75) is 12.3 Å². The third-order valence-corrected chi connectivity index (χ3v) is 3.91. The van der Waals surface area contributed by atoms with E-state index in [1.807, 2.05) is 11.3 Å². The van der Waals surface area contributed by atoms with Crippen LogP contribution < -0.4 is 0 Å². The van der Waals surface area contributed by atoms with Crippen molar-refractivity contribution in [1.82, 2.24) is 0 Å². The Bertz CT molecular complexity index is 542. The normalized spacial score (nSPS) is 17.7. The van der Waals surface area contributed by atoms with Crippen molar-refractivity contribution in [3.8, 4) is 12.3 Å². The number of hydrogen-bond acceptors (Lipinski definition) is 1. The molecule has 2 aromatic rings. The van der Waals surface area contributed by atoms with E-state index in [1.165, 1.54) is 21.6 Å². The summed E-state index contributed by atoms with van der Waals surface area (Å²) in [6, 6.07) is 10.7. The molecule has 1 aromatic carbocycles. The molecule has 0 N–H and O–H groups in total. The van der Waals surface area contributed by atoms with E-state index < -0.39 is 0 Å². The van der Waals surface area contributed by atoms with Crippen LogP contribution in [0.1, 0.15) is 27.5 Å². The molecule has 15 heavy (non-hydrogen) atoms. The largest absolute Gasteiger partial charge is 0.148 e. The Kier molecular flexibility index (Phi) is 1.90. The van der Waals surface area contributed by atoms with Crippen LogP contribution in [0.4, 0.5) is 0 Å². The predicted molar refractivity (Wildman–Crippen MR) is 64.2 cm³/mol. The van der Waals surface area contributed by atoms with Crippen LogP contribution in [-0.2, 0) is 6.42 Å². The highest BCUT2D eigenvalue weighted by atomic mass is 32.1. The van der Waals surface area contributed by atoms with Crippen molar-refractivity contribution >= 4 is 11.3 Å². The molecule has 1 heteroatoms. The van der Waals surface area contributed by atoms with Gasteiger partial charge in [-0.1, -0.05) is 30.2 Å². The molecule has 0 spiro atoms. The van der Waals surface area contributed by atoms with Gasteiger partial charge in [-0.05, 0) is 28.1 Å². The maximum absolute atomic E-state index is 5.65. The molecule has 0 fully saturated rings. The lowest BCUT2D eigenvalue weighted by atomic mass is 9.82. The van der Waals surface area contributed by atoms with Crippen LogP contribution in [0.25, 0.3) is 0 Å². The first-order chi connectivity index (χ1) is 7.40. The molecule has 1 unspecified atom stereocenters. The number of benzene rings is 1. The van der Waals surface area contributed by atoms with E-state index in [4.69, 9.17) is 6.42 Å². The molecule has 1 heterocycles. The third kappa shape index (κ3) is 1.22. The fourth-order valence-electron chi connectivity index (χ4n) is 2.25. The highest BCUT2D eigenvalue weighted by Crippen LogP contribution is 2.38. The first-order valence-electron chi connectivity index (χ1n) is 5.00. The monoisotopic (exact) mass is 210 g/mol. The predicted octanol–water partition coefficient (Wildman–Crippen LogP) is 3.42. The summed E-state index contributed by atoms with van der Waals surface area (Å²) in [5.74, 6) is 3.07. The summed E-state index contributed by atoms with van der Waals surface area (Å²) in [6.07, 6.45) is 6.69. The van der Waals surface area contributed by atoms with Crippen LogP contribution in [0.2, 0.25) is 0 Å². The summed E-state index contributed by atoms with van der Waals surface area (Å²) in [5, 5.41) is 2.14. The zero-order valence-electron chi connectivity index (χ0n) is 8.23. The summed E-state index contributed by atoms with van der Waals surface area (Å²) in [6.45, 7) is 0. The lowest BCUT2D eigenvalue weighted by Gasteiger charge is -2.21. The van der Waals surface area contributed by atoms with Crippen molar-refractivity contribution < 1.29 is 0 Å². The minimum Gasteiger partial charge on any atom is -0.148 e. The summed E-state index contributed by atoms with van der Waals surface area (Å²) in [5.41, 5.74) is 4.03. The van der Waals surface area contributed by atoms with Crippen LogP contribution in [0, 0.1) is 12.3 Å². The van der Waals surface area contributed by atoms with Crippen molar-refractivity contribution in [2.24, 2.45) is 0 Å². The second-order valence-corrected chi connectivity index (χ2v) is 4.78. The van der Waals surface area contributed by atoms with E-state index in [2.05, 4.69) is 41.6 Å². The van der Waals surface area contributed by atoms with E-state index in [0.717, 1.165) is 6.42 Å². The number of hydrogen-bond donors (Lipinski definition) is 0. The summed E-state index contributed by atoms with van der Waals surface area (Å²) in [7, 11) is 0. The molecule has 1 aliphatic rings. The van der Waals surface area contributed by atoms with Crippen molar-refractivity contribution in [3.05, 3.63) is 57.3 Å². The Labute approximate surface area is 93.6 Å². The molecule has 1 aromatic heterocycles. The third-order valence-electron chi connectivity index (χ3n) is 2.97. The van der Waals surface area contributed by atoms with Crippen LogP contribution in [0.5, 0.6) is 0 Å². The molecule has 0 radical (unpaired) electrons. The van der Waals surface area contributed by atoms with Crippen molar-refractivity contribution in [2.75, 3.05) is 0 Å². The molecule has 0 aliphatic heterocycles. The molecule has 0 amide bonds. The molecule has 0 bridgehead atoms.